The number of anilines is 3. The maximum Gasteiger partial charge on any atom is 0.144 e. The average molecular weight is 920 g/mol. The highest BCUT2D eigenvalue weighted by atomic mass is 16.3. The molecule has 71 heavy (non-hydrogen) atoms. The highest BCUT2D eigenvalue weighted by Gasteiger charge is 2.49. The van der Waals surface area contributed by atoms with Crippen LogP contribution in [0, 0.1) is 6.92 Å². The molecular weight excluding hydrogens is 863 g/mol. The first-order chi connectivity index (χ1) is 34.0. The van der Waals surface area contributed by atoms with Crippen molar-refractivity contribution in [1.82, 2.24) is 0 Å². The van der Waals surface area contributed by atoms with Crippen molar-refractivity contribution in [3.63, 3.8) is 0 Å². The van der Waals surface area contributed by atoms with E-state index >= 15 is 0 Å². The standard InChI is InChI=1S/C68H57NO2/c1-38-27-29-39(30-28-38)47-37-52-56(58-45-20-12-17-25-54(45)70-63(47)58)43-33-31-40(35-50(43)66(52,5)6)69(53-24-16-15-23-49(53)65(2,3)4)41-32-34-44-51(36-41)68(9,10)61-57(44)59-46-21-13-18-26-55(46)71-64(59)60-42-19-11-14-22-48(42)67(7,8)62(60)61/h11-37H,1-10H3. The van der Waals surface area contributed by atoms with E-state index in [9.17, 15) is 0 Å². The average Bonchev–Trinajstić information content (AvgIpc) is 4.12. The molecule has 0 saturated heterocycles. The normalized spacial score (nSPS) is 15.5. The van der Waals surface area contributed by atoms with Crippen LogP contribution < -0.4 is 4.90 Å². The summed E-state index contributed by atoms with van der Waals surface area (Å²) in [6.07, 6.45) is 0. The van der Waals surface area contributed by atoms with Gasteiger partial charge in [-0.05, 0) is 133 Å². The van der Waals surface area contributed by atoms with Crippen LogP contribution in [-0.2, 0) is 21.7 Å². The number of rotatable bonds is 4. The highest BCUT2D eigenvalue weighted by molar-refractivity contribution is 6.21. The molecule has 0 unspecified atom stereocenters. The van der Waals surface area contributed by atoms with E-state index < -0.39 is 0 Å². The molecule has 0 aliphatic heterocycles. The van der Waals surface area contributed by atoms with E-state index in [2.05, 4.69) is 238 Å². The fourth-order valence-corrected chi connectivity index (χ4v) is 13.6. The number of benzene rings is 9. The Balaban J connectivity index is 1.01. The van der Waals surface area contributed by atoms with Gasteiger partial charge < -0.3 is 13.7 Å². The number of hydrogen-bond donors (Lipinski definition) is 0. The van der Waals surface area contributed by atoms with Crippen molar-refractivity contribution in [1.29, 1.82) is 0 Å². The van der Waals surface area contributed by atoms with E-state index in [-0.39, 0.29) is 21.7 Å². The highest BCUT2D eigenvalue weighted by Crippen LogP contribution is 2.64. The van der Waals surface area contributed by atoms with Crippen LogP contribution in [0.2, 0.25) is 0 Å². The molecule has 0 saturated carbocycles. The molecule has 0 radical (unpaired) electrons. The van der Waals surface area contributed by atoms with Crippen LogP contribution in [0.1, 0.15) is 107 Å². The number of para-hydroxylation sites is 3. The second kappa shape index (κ2) is 14.0. The summed E-state index contributed by atoms with van der Waals surface area (Å²) in [7, 11) is 0. The van der Waals surface area contributed by atoms with E-state index in [1.807, 2.05) is 0 Å². The molecule has 0 atom stereocenters. The zero-order valence-electron chi connectivity index (χ0n) is 42.4. The Labute approximate surface area is 416 Å². The van der Waals surface area contributed by atoms with Gasteiger partial charge in [-0.2, -0.15) is 0 Å². The summed E-state index contributed by atoms with van der Waals surface area (Å²) in [6.45, 7) is 23.7. The van der Waals surface area contributed by atoms with E-state index in [4.69, 9.17) is 8.83 Å². The lowest BCUT2D eigenvalue weighted by Crippen LogP contribution is -2.24. The first-order valence-electron chi connectivity index (χ1n) is 25.4. The van der Waals surface area contributed by atoms with Crippen molar-refractivity contribution >= 4 is 60.9 Å². The number of aryl methyl sites for hydroxylation is 1. The molecule has 346 valence electrons. The van der Waals surface area contributed by atoms with Gasteiger partial charge in [-0.25, -0.2) is 0 Å². The smallest absolute Gasteiger partial charge is 0.144 e. The Hall–Kier alpha value is -7.62. The summed E-state index contributed by atoms with van der Waals surface area (Å²) in [4.78, 5) is 2.55. The Morgan fingerprint density at radius 2 is 0.944 bits per heavy atom. The number of fused-ring (bicyclic) bond motifs is 19. The lowest BCUT2D eigenvalue weighted by Gasteiger charge is -2.34. The van der Waals surface area contributed by atoms with Crippen molar-refractivity contribution in [2.24, 2.45) is 0 Å². The summed E-state index contributed by atoms with van der Waals surface area (Å²) in [5.74, 6) is 0. The zero-order valence-corrected chi connectivity index (χ0v) is 42.4. The summed E-state index contributed by atoms with van der Waals surface area (Å²) >= 11 is 0. The maximum atomic E-state index is 7.01. The van der Waals surface area contributed by atoms with Crippen molar-refractivity contribution in [3.05, 3.63) is 208 Å². The predicted molar refractivity (Wildman–Crippen MR) is 297 cm³/mol. The molecule has 3 heteroatoms. The van der Waals surface area contributed by atoms with Gasteiger partial charge in [-0.3, -0.25) is 0 Å². The Bertz CT molecular complexity index is 4120. The number of hydrogen-bond acceptors (Lipinski definition) is 3. The predicted octanol–water partition coefficient (Wildman–Crippen LogP) is 19.1. The lowest BCUT2D eigenvalue weighted by atomic mass is 9.72. The topological polar surface area (TPSA) is 29.5 Å². The second-order valence-corrected chi connectivity index (χ2v) is 23.3. The van der Waals surface area contributed by atoms with Crippen LogP contribution in [0.3, 0.4) is 0 Å². The third kappa shape index (κ3) is 5.55. The SMILES string of the molecule is Cc1ccc(-c2cc3c(c4c2oc2ccccc24)-c2ccc(N(c4ccc5c(c4)C(C)(C)c4c6c(c7oc8ccccc8c7c4-5)-c4ccccc4C6(C)C)c4ccccc4C(C)(C)C)cc2C3(C)C)cc1. The van der Waals surface area contributed by atoms with Crippen LogP contribution in [0.15, 0.2) is 173 Å². The zero-order chi connectivity index (χ0) is 48.7. The van der Waals surface area contributed by atoms with Gasteiger partial charge >= 0.3 is 0 Å². The molecule has 2 aromatic heterocycles. The molecule has 0 spiro atoms. The van der Waals surface area contributed by atoms with E-state index in [0.29, 0.717) is 0 Å². The summed E-state index contributed by atoms with van der Waals surface area (Å²) in [6, 6.07) is 61.2. The van der Waals surface area contributed by atoms with Gasteiger partial charge in [0.2, 0.25) is 0 Å². The minimum atomic E-state index is -0.332. The van der Waals surface area contributed by atoms with Crippen molar-refractivity contribution in [3.8, 4) is 44.5 Å². The molecule has 9 aromatic carbocycles. The molecule has 0 bridgehead atoms. The van der Waals surface area contributed by atoms with E-state index in [1.165, 1.54) is 105 Å². The summed E-state index contributed by atoms with van der Waals surface area (Å²) in [5, 5.41) is 4.75. The van der Waals surface area contributed by atoms with Crippen LogP contribution in [0.25, 0.3) is 88.4 Å². The number of nitrogens with zero attached hydrogens (tertiary/aromatic N) is 1. The fraction of sp³-hybridized carbons (Fsp3) is 0.206. The first kappa shape index (κ1) is 42.3. The molecule has 2 heterocycles. The minimum absolute atomic E-state index is 0.122. The summed E-state index contributed by atoms with van der Waals surface area (Å²) < 4.78 is 13.9. The third-order valence-corrected chi connectivity index (χ3v) is 17.0. The molecule has 3 aliphatic rings. The van der Waals surface area contributed by atoms with Crippen LogP contribution in [0.4, 0.5) is 17.1 Å². The Morgan fingerprint density at radius 3 is 1.62 bits per heavy atom. The Kier molecular flexibility index (Phi) is 8.36. The molecule has 14 rings (SSSR count). The van der Waals surface area contributed by atoms with Crippen LogP contribution >= 0.6 is 0 Å². The second-order valence-electron chi connectivity index (χ2n) is 23.3. The van der Waals surface area contributed by atoms with Gasteiger partial charge in [0.25, 0.3) is 0 Å². The van der Waals surface area contributed by atoms with E-state index in [1.54, 1.807) is 0 Å². The maximum absolute atomic E-state index is 7.01. The van der Waals surface area contributed by atoms with Crippen molar-refractivity contribution in [2.75, 3.05) is 4.90 Å². The van der Waals surface area contributed by atoms with Crippen molar-refractivity contribution in [2.45, 2.75) is 90.9 Å². The largest absolute Gasteiger partial charge is 0.455 e. The van der Waals surface area contributed by atoms with Gasteiger partial charge in [0.15, 0.2) is 0 Å². The molecule has 3 nitrogen and oxygen atoms in total. The molecule has 3 aliphatic carbocycles. The summed E-state index contributed by atoms with van der Waals surface area (Å²) in [5.41, 5.74) is 27.0. The quantitative estimate of drug-likeness (QED) is 0.176. The van der Waals surface area contributed by atoms with E-state index in [0.717, 1.165) is 44.7 Å². The van der Waals surface area contributed by atoms with Gasteiger partial charge in [-0.15, -0.1) is 0 Å². The van der Waals surface area contributed by atoms with Crippen molar-refractivity contribution < 1.29 is 8.83 Å². The third-order valence-electron chi connectivity index (χ3n) is 17.0. The van der Waals surface area contributed by atoms with Gasteiger partial charge in [0.1, 0.15) is 22.3 Å². The van der Waals surface area contributed by atoms with Gasteiger partial charge in [-0.1, -0.05) is 183 Å². The van der Waals surface area contributed by atoms with Gasteiger partial charge in [0.05, 0.1) is 0 Å². The van der Waals surface area contributed by atoms with Crippen LogP contribution in [-0.4, -0.2) is 0 Å². The fourth-order valence-electron chi connectivity index (χ4n) is 13.6. The molecule has 11 aromatic rings. The molecule has 0 fully saturated rings. The van der Waals surface area contributed by atoms with Gasteiger partial charge in [0, 0.05) is 66.0 Å². The lowest BCUT2D eigenvalue weighted by molar-refractivity contribution is 0.591. The first-order valence-corrected chi connectivity index (χ1v) is 25.4. The molecule has 0 N–H and O–H groups in total. The number of furan rings is 2. The molecular formula is C68H57NO2. The van der Waals surface area contributed by atoms with Crippen LogP contribution in [0.5, 0.6) is 0 Å². The monoisotopic (exact) mass is 919 g/mol. The Morgan fingerprint density at radius 1 is 0.423 bits per heavy atom. The molecule has 0 amide bonds. The minimum Gasteiger partial charge on any atom is -0.455 e.